The molecule has 0 amide bonds. The summed E-state index contributed by atoms with van der Waals surface area (Å²) >= 11 is 7.67. The SMILES string of the molecule is Cc1sc2ccc(Cl)cc2[n+]1CCCCS(=O)(=O)[O-]. The second-order valence-corrected chi connectivity index (χ2v) is 7.55. The molecule has 0 aliphatic heterocycles. The Morgan fingerprint density at radius 1 is 1.37 bits per heavy atom. The van der Waals surface area contributed by atoms with Crippen molar-refractivity contribution in [2.45, 2.75) is 26.3 Å². The van der Waals surface area contributed by atoms with E-state index in [1.165, 1.54) is 0 Å². The predicted octanol–water partition coefficient (Wildman–Crippen LogP) is 2.48. The largest absolute Gasteiger partial charge is 0.748 e. The number of aryl methyl sites for hydroxylation is 2. The summed E-state index contributed by atoms with van der Waals surface area (Å²) in [4.78, 5) is 0. The average Bonchev–Trinajstić information content (AvgIpc) is 2.59. The number of halogens is 1. The summed E-state index contributed by atoms with van der Waals surface area (Å²) in [5.74, 6) is -0.296. The number of hydrogen-bond acceptors (Lipinski definition) is 4. The van der Waals surface area contributed by atoms with Gasteiger partial charge >= 0.3 is 0 Å². The van der Waals surface area contributed by atoms with Gasteiger partial charge in [-0.2, -0.15) is 4.57 Å². The van der Waals surface area contributed by atoms with E-state index in [2.05, 4.69) is 4.57 Å². The number of aromatic nitrogens is 1. The molecule has 7 heteroatoms. The van der Waals surface area contributed by atoms with E-state index in [9.17, 15) is 13.0 Å². The molecule has 2 aromatic rings. The monoisotopic (exact) mass is 319 g/mol. The van der Waals surface area contributed by atoms with Gasteiger partial charge in [0.25, 0.3) is 0 Å². The number of thiazole rings is 1. The summed E-state index contributed by atoms with van der Waals surface area (Å²) in [6, 6.07) is 5.74. The van der Waals surface area contributed by atoms with Gasteiger partial charge in [0.2, 0.25) is 10.5 Å². The molecule has 0 saturated carbocycles. The summed E-state index contributed by atoms with van der Waals surface area (Å²) in [6.45, 7) is 2.71. The highest BCUT2D eigenvalue weighted by Crippen LogP contribution is 2.23. The van der Waals surface area contributed by atoms with Crippen molar-refractivity contribution >= 4 is 43.3 Å². The molecule has 104 valence electrons. The summed E-state index contributed by atoms with van der Waals surface area (Å²) in [6.07, 6.45) is 1.04. The summed E-state index contributed by atoms with van der Waals surface area (Å²) < 4.78 is 34.9. The Kier molecular flexibility index (Phi) is 4.45. The lowest BCUT2D eigenvalue weighted by Gasteiger charge is -2.04. The molecule has 1 aromatic heterocycles. The van der Waals surface area contributed by atoms with Crippen molar-refractivity contribution in [1.29, 1.82) is 0 Å². The first-order chi connectivity index (χ1) is 8.87. The standard InChI is InChI=1S/C12H14ClNO3S2/c1-9-14(6-2-3-7-19(15,16)17)11-8-10(13)4-5-12(11)18-9/h4-5,8H,2-3,6-7H2,1H3. The predicted molar refractivity (Wildman–Crippen MR) is 75.6 cm³/mol. The number of hydrogen-bond donors (Lipinski definition) is 0. The highest BCUT2D eigenvalue weighted by Gasteiger charge is 2.16. The average molecular weight is 320 g/mol. The zero-order valence-electron chi connectivity index (χ0n) is 10.4. The highest BCUT2D eigenvalue weighted by atomic mass is 35.5. The molecule has 0 fully saturated rings. The molecule has 0 atom stereocenters. The maximum absolute atomic E-state index is 10.5. The van der Waals surface area contributed by atoms with Crippen LogP contribution in [0.5, 0.6) is 0 Å². The summed E-state index contributed by atoms with van der Waals surface area (Å²) in [7, 11) is -4.10. The van der Waals surface area contributed by atoms with Gasteiger partial charge in [0.1, 0.15) is 11.2 Å². The van der Waals surface area contributed by atoms with Gasteiger partial charge in [-0.25, -0.2) is 8.42 Å². The first kappa shape index (κ1) is 14.7. The number of unbranched alkanes of at least 4 members (excludes halogenated alkanes) is 1. The van der Waals surface area contributed by atoms with E-state index in [0.29, 0.717) is 24.4 Å². The number of rotatable bonds is 5. The molecule has 0 aliphatic carbocycles. The Labute approximate surface area is 121 Å². The third-order valence-electron chi connectivity index (χ3n) is 2.88. The summed E-state index contributed by atoms with van der Waals surface area (Å²) in [5, 5.41) is 1.82. The molecule has 0 spiro atoms. The van der Waals surface area contributed by atoms with Crippen molar-refractivity contribution in [2.24, 2.45) is 0 Å². The van der Waals surface area contributed by atoms with E-state index in [1.54, 1.807) is 11.3 Å². The van der Waals surface area contributed by atoms with Crippen molar-refractivity contribution in [3.05, 3.63) is 28.2 Å². The minimum atomic E-state index is -4.10. The number of nitrogens with zero attached hydrogens (tertiary/aromatic N) is 1. The molecule has 19 heavy (non-hydrogen) atoms. The van der Waals surface area contributed by atoms with Crippen LogP contribution in [0.1, 0.15) is 17.8 Å². The molecule has 0 radical (unpaired) electrons. The second kappa shape index (κ2) is 5.75. The van der Waals surface area contributed by atoms with Crippen molar-refractivity contribution in [3.8, 4) is 0 Å². The number of fused-ring (bicyclic) bond motifs is 1. The Hall–Kier alpha value is -0.690. The van der Waals surface area contributed by atoms with Crippen LogP contribution in [0.25, 0.3) is 10.2 Å². The smallest absolute Gasteiger partial charge is 0.235 e. The van der Waals surface area contributed by atoms with Crippen LogP contribution in [0.2, 0.25) is 5.02 Å². The lowest BCUT2D eigenvalue weighted by atomic mass is 10.3. The Morgan fingerprint density at radius 3 is 2.79 bits per heavy atom. The minimum Gasteiger partial charge on any atom is -0.748 e. The van der Waals surface area contributed by atoms with Crippen LogP contribution >= 0.6 is 22.9 Å². The van der Waals surface area contributed by atoms with E-state index < -0.39 is 10.1 Å². The van der Waals surface area contributed by atoms with Crippen molar-refractivity contribution in [2.75, 3.05) is 5.75 Å². The van der Waals surface area contributed by atoms with Crippen LogP contribution in [0.3, 0.4) is 0 Å². The van der Waals surface area contributed by atoms with Crippen LogP contribution in [0.4, 0.5) is 0 Å². The maximum Gasteiger partial charge on any atom is 0.235 e. The molecule has 0 bridgehead atoms. The molecule has 2 rings (SSSR count). The molecule has 1 heterocycles. The normalized spacial score (nSPS) is 12.2. The van der Waals surface area contributed by atoms with E-state index in [4.69, 9.17) is 11.6 Å². The van der Waals surface area contributed by atoms with Crippen LogP contribution < -0.4 is 4.57 Å². The van der Waals surface area contributed by atoms with Crippen LogP contribution in [-0.2, 0) is 16.7 Å². The van der Waals surface area contributed by atoms with Gasteiger partial charge in [-0.05, 0) is 18.6 Å². The molecule has 4 nitrogen and oxygen atoms in total. The Balaban J connectivity index is 2.12. The first-order valence-corrected chi connectivity index (χ1v) is 8.66. The fourth-order valence-electron chi connectivity index (χ4n) is 2.00. The molecule has 0 unspecified atom stereocenters. The van der Waals surface area contributed by atoms with Crippen molar-refractivity contribution in [3.63, 3.8) is 0 Å². The van der Waals surface area contributed by atoms with E-state index in [-0.39, 0.29) is 5.75 Å². The third-order valence-corrected chi connectivity index (χ3v) is 4.98. The zero-order chi connectivity index (χ0) is 14.0. The zero-order valence-corrected chi connectivity index (χ0v) is 12.8. The highest BCUT2D eigenvalue weighted by molar-refractivity contribution is 7.85. The van der Waals surface area contributed by atoms with Gasteiger partial charge in [-0.15, -0.1) is 0 Å². The maximum atomic E-state index is 10.5. The minimum absolute atomic E-state index is 0.296. The fraction of sp³-hybridized carbons (Fsp3) is 0.417. The van der Waals surface area contributed by atoms with Gasteiger partial charge < -0.3 is 4.55 Å². The van der Waals surface area contributed by atoms with Crippen LogP contribution in [-0.4, -0.2) is 18.7 Å². The van der Waals surface area contributed by atoms with E-state index in [1.807, 2.05) is 25.1 Å². The topological polar surface area (TPSA) is 61.1 Å². The van der Waals surface area contributed by atoms with Gasteiger partial charge in [0, 0.05) is 30.2 Å². The summed E-state index contributed by atoms with van der Waals surface area (Å²) in [5.41, 5.74) is 1.06. The van der Waals surface area contributed by atoms with Gasteiger partial charge in [-0.3, -0.25) is 0 Å². The van der Waals surface area contributed by atoms with Crippen molar-refractivity contribution in [1.82, 2.24) is 0 Å². The van der Waals surface area contributed by atoms with Crippen LogP contribution in [0.15, 0.2) is 18.2 Å². The molecular formula is C12H14ClNO3S2. The lowest BCUT2D eigenvalue weighted by Crippen LogP contribution is -2.35. The second-order valence-electron chi connectivity index (χ2n) is 4.35. The number of benzene rings is 1. The Morgan fingerprint density at radius 2 is 2.11 bits per heavy atom. The van der Waals surface area contributed by atoms with Gasteiger partial charge in [-0.1, -0.05) is 22.9 Å². The Bertz CT molecular complexity index is 694. The molecule has 1 aromatic carbocycles. The van der Waals surface area contributed by atoms with E-state index in [0.717, 1.165) is 15.2 Å². The van der Waals surface area contributed by atoms with Crippen molar-refractivity contribution < 1.29 is 17.5 Å². The fourth-order valence-corrected chi connectivity index (χ4v) is 3.75. The molecule has 0 saturated heterocycles. The molecule has 0 aliphatic rings. The van der Waals surface area contributed by atoms with Gasteiger partial charge in [0.05, 0.1) is 10.1 Å². The quantitative estimate of drug-likeness (QED) is 0.483. The first-order valence-electron chi connectivity index (χ1n) is 5.89. The van der Waals surface area contributed by atoms with Gasteiger partial charge in [0.15, 0.2) is 0 Å². The van der Waals surface area contributed by atoms with E-state index >= 15 is 0 Å². The third kappa shape index (κ3) is 3.89. The lowest BCUT2D eigenvalue weighted by molar-refractivity contribution is -0.673. The van der Waals surface area contributed by atoms with Crippen LogP contribution in [0, 0.1) is 6.92 Å². The molecule has 0 N–H and O–H groups in total. The molecular weight excluding hydrogens is 306 g/mol.